The van der Waals surface area contributed by atoms with Crippen LogP contribution < -0.4 is 4.74 Å². The largest absolute Gasteiger partial charge is 0.498 e. The van der Waals surface area contributed by atoms with E-state index >= 15 is 0 Å². The Morgan fingerprint density at radius 3 is 2.24 bits per heavy atom. The van der Waals surface area contributed by atoms with Gasteiger partial charge < -0.3 is 9.47 Å². The molecule has 0 saturated heterocycles. The molecule has 0 amide bonds. The number of aryl methyl sites for hydroxylation is 1. The number of hydrogen-bond acceptors (Lipinski definition) is 2. The Labute approximate surface area is 205 Å². The third kappa shape index (κ3) is 6.34. The van der Waals surface area contributed by atoms with Gasteiger partial charge in [0.15, 0.2) is 11.6 Å². The van der Waals surface area contributed by atoms with Crippen LogP contribution in [0.1, 0.15) is 103 Å². The van der Waals surface area contributed by atoms with Crippen molar-refractivity contribution in [3.63, 3.8) is 0 Å². The van der Waals surface area contributed by atoms with E-state index in [-0.39, 0.29) is 5.75 Å². The average molecular weight is 475 g/mol. The van der Waals surface area contributed by atoms with Crippen molar-refractivity contribution < 1.29 is 18.3 Å². The first kappa shape index (κ1) is 25.5. The normalized spacial score (nSPS) is 29.9. The van der Waals surface area contributed by atoms with Gasteiger partial charge >= 0.3 is 0 Å². The van der Waals surface area contributed by atoms with Crippen LogP contribution in [0.15, 0.2) is 24.0 Å². The first-order valence-electron chi connectivity index (χ1n) is 14.0. The SMILES string of the molecule is CCCc1ccc(OCC2CCC(C3=COC(C4CCC(CCC)CC4)CC3)CC2)c(F)c1F. The van der Waals surface area contributed by atoms with E-state index in [1.807, 2.05) is 6.92 Å². The van der Waals surface area contributed by atoms with Gasteiger partial charge in [-0.05, 0) is 98.7 Å². The summed E-state index contributed by atoms with van der Waals surface area (Å²) in [5, 5.41) is 0. The van der Waals surface area contributed by atoms with E-state index < -0.39 is 11.6 Å². The first-order chi connectivity index (χ1) is 16.6. The lowest BCUT2D eigenvalue weighted by atomic mass is 9.74. The molecular weight excluding hydrogens is 430 g/mol. The van der Waals surface area contributed by atoms with Crippen LogP contribution in [-0.4, -0.2) is 12.7 Å². The highest BCUT2D eigenvalue weighted by Gasteiger charge is 2.32. The third-order valence-electron chi connectivity index (χ3n) is 8.72. The van der Waals surface area contributed by atoms with E-state index in [0.717, 1.165) is 43.9 Å². The predicted molar refractivity (Wildman–Crippen MR) is 134 cm³/mol. The molecule has 0 aromatic heterocycles. The first-order valence-corrected chi connectivity index (χ1v) is 14.0. The maximum absolute atomic E-state index is 14.3. The van der Waals surface area contributed by atoms with Crippen LogP contribution >= 0.6 is 0 Å². The van der Waals surface area contributed by atoms with Gasteiger partial charge in [0.2, 0.25) is 5.82 Å². The topological polar surface area (TPSA) is 18.5 Å². The van der Waals surface area contributed by atoms with Crippen molar-refractivity contribution in [2.45, 2.75) is 110 Å². The molecule has 3 aliphatic rings. The summed E-state index contributed by atoms with van der Waals surface area (Å²) >= 11 is 0. The second-order valence-corrected chi connectivity index (χ2v) is 11.1. The fourth-order valence-electron chi connectivity index (χ4n) is 6.57. The molecule has 34 heavy (non-hydrogen) atoms. The van der Waals surface area contributed by atoms with Gasteiger partial charge in [0.05, 0.1) is 12.9 Å². The molecule has 2 saturated carbocycles. The number of ether oxygens (including phenoxy) is 2. The molecule has 4 rings (SSSR count). The van der Waals surface area contributed by atoms with Crippen molar-refractivity contribution in [2.24, 2.45) is 23.7 Å². The van der Waals surface area contributed by atoms with Crippen molar-refractivity contribution >= 4 is 0 Å². The number of halogens is 2. The Balaban J connectivity index is 1.19. The van der Waals surface area contributed by atoms with Crippen LogP contribution in [0.4, 0.5) is 8.78 Å². The molecule has 1 heterocycles. The molecule has 0 bridgehead atoms. The molecule has 1 aromatic carbocycles. The van der Waals surface area contributed by atoms with E-state index in [2.05, 4.69) is 13.2 Å². The smallest absolute Gasteiger partial charge is 0.200 e. The molecule has 2 fully saturated rings. The Bertz CT molecular complexity index is 804. The van der Waals surface area contributed by atoms with Gasteiger partial charge in [-0.1, -0.05) is 52.0 Å². The highest BCUT2D eigenvalue weighted by atomic mass is 19.2. The Morgan fingerprint density at radius 2 is 1.59 bits per heavy atom. The lowest BCUT2D eigenvalue weighted by molar-refractivity contribution is 0.0359. The summed E-state index contributed by atoms with van der Waals surface area (Å²) in [6, 6.07) is 3.25. The zero-order valence-corrected chi connectivity index (χ0v) is 21.3. The quantitative estimate of drug-likeness (QED) is 0.356. The zero-order chi connectivity index (χ0) is 23.9. The van der Waals surface area contributed by atoms with Crippen molar-refractivity contribution in [3.8, 4) is 5.75 Å². The Hall–Kier alpha value is -1.58. The van der Waals surface area contributed by atoms with Crippen LogP contribution in [0.5, 0.6) is 5.75 Å². The van der Waals surface area contributed by atoms with Gasteiger partial charge in [-0.15, -0.1) is 0 Å². The van der Waals surface area contributed by atoms with Crippen LogP contribution in [0.25, 0.3) is 0 Å². The standard InChI is InChI=1S/C30H44F2O2/c1-3-5-21-7-13-24(14-8-21)27-17-16-26(20-34-27)23-11-9-22(10-12-23)19-33-28-18-15-25(6-4-2)29(31)30(28)32/h15,18,20-24,27H,3-14,16-17,19H2,1-2H3. The molecule has 0 radical (unpaired) electrons. The minimum absolute atomic E-state index is 0.0534. The molecule has 4 heteroatoms. The zero-order valence-electron chi connectivity index (χ0n) is 21.3. The minimum Gasteiger partial charge on any atom is -0.498 e. The Morgan fingerprint density at radius 1 is 0.853 bits per heavy atom. The Kier molecular flexibility index (Phi) is 9.31. The number of hydrogen-bond donors (Lipinski definition) is 0. The average Bonchev–Trinajstić information content (AvgIpc) is 2.88. The summed E-state index contributed by atoms with van der Waals surface area (Å²) in [5.41, 5.74) is 1.93. The summed E-state index contributed by atoms with van der Waals surface area (Å²) < 4.78 is 40.6. The molecular formula is C30H44F2O2. The van der Waals surface area contributed by atoms with E-state index in [9.17, 15) is 8.78 Å². The lowest BCUT2D eigenvalue weighted by Crippen LogP contribution is -2.30. The lowest BCUT2D eigenvalue weighted by Gasteiger charge is -2.37. The summed E-state index contributed by atoms with van der Waals surface area (Å²) in [6.07, 6.45) is 18.8. The molecule has 0 N–H and O–H groups in total. The summed E-state index contributed by atoms with van der Waals surface area (Å²) in [4.78, 5) is 0. The van der Waals surface area contributed by atoms with Crippen LogP contribution in [0.2, 0.25) is 0 Å². The van der Waals surface area contributed by atoms with Gasteiger partial charge in [0.1, 0.15) is 6.10 Å². The van der Waals surface area contributed by atoms with E-state index in [4.69, 9.17) is 9.47 Å². The molecule has 1 aliphatic heterocycles. The number of benzene rings is 1. The highest BCUT2D eigenvalue weighted by molar-refractivity contribution is 5.31. The summed E-state index contributed by atoms with van der Waals surface area (Å²) in [5.74, 6) is 1.19. The molecule has 2 nitrogen and oxygen atoms in total. The van der Waals surface area contributed by atoms with Crippen LogP contribution in [0, 0.1) is 35.3 Å². The van der Waals surface area contributed by atoms with Crippen LogP contribution in [0.3, 0.4) is 0 Å². The molecule has 2 aliphatic carbocycles. The monoisotopic (exact) mass is 474 g/mol. The van der Waals surface area contributed by atoms with Crippen molar-refractivity contribution in [1.82, 2.24) is 0 Å². The predicted octanol–water partition coefficient (Wildman–Crippen LogP) is 8.77. The number of rotatable bonds is 9. The van der Waals surface area contributed by atoms with Gasteiger partial charge in [-0.2, -0.15) is 4.39 Å². The molecule has 1 aromatic rings. The maximum Gasteiger partial charge on any atom is 0.200 e. The van der Waals surface area contributed by atoms with Gasteiger partial charge in [0, 0.05) is 0 Å². The van der Waals surface area contributed by atoms with Crippen molar-refractivity contribution in [1.29, 1.82) is 0 Å². The fraction of sp³-hybridized carbons (Fsp3) is 0.733. The minimum atomic E-state index is -0.836. The summed E-state index contributed by atoms with van der Waals surface area (Å²) in [6.45, 7) is 4.73. The van der Waals surface area contributed by atoms with Crippen molar-refractivity contribution in [3.05, 3.63) is 41.2 Å². The maximum atomic E-state index is 14.3. The number of allylic oxidation sites excluding steroid dienone is 1. The van der Waals surface area contributed by atoms with E-state index in [1.165, 1.54) is 56.9 Å². The van der Waals surface area contributed by atoms with E-state index in [0.29, 0.717) is 36.5 Å². The molecule has 190 valence electrons. The molecule has 1 atom stereocenters. The van der Waals surface area contributed by atoms with Crippen LogP contribution in [-0.2, 0) is 11.2 Å². The summed E-state index contributed by atoms with van der Waals surface area (Å²) in [7, 11) is 0. The fourth-order valence-corrected chi connectivity index (χ4v) is 6.57. The second kappa shape index (κ2) is 12.4. The second-order valence-electron chi connectivity index (χ2n) is 11.1. The van der Waals surface area contributed by atoms with E-state index in [1.54, 1.807) is 12.1 Å². The van der Waals surface area contributed by atoms with Gasteiger partial charge in [-0.3, -0.25) is 0 Å². The van der Waals surface area contributed by atoms with Crippen molar-refractivity contribution in [2.75, 3.05) is 6.61 Å². The molecule has 1 unspecified atom stereocenters. The molecule has 0 spiro atoms. The van der Waals surface area contributed by atoms with Gasteiger partial charge in [0.25, 0.3) is 0 Å². The third-order valence-corrected chi connectivity index (χ3v) is 8.72. The van der Waals surface area contributed by atoms with Gasteiger partial charge in [-0.25, -0.2) is 4.39 Å². The highest BCUT2D eigenvalue weighted by Crippen LogP contribution is 2.41.